The highest BCUT2D eigenvalue weighted by atomic mass is 35.5. The van der Waals surface area contributed by atoms with E-state index in [1.807, 2.05) is 22.9 Å². The van der Waals surface area contributed by atoms with Crippen LogP contribution in [-0.4, -0.2) is 49.3 Å². The molecule has 0 amide bonds. The van der Waals surface area contributed by atoms with E-state index < -0.39 is 22.2 Å². The van der Waals surface area contributed by atoms with Crippen molar-refractivity contribution in [3.8, 4) is 11.3 Å². The largest absolute Gasteiger partial charge is 0.410 e. The highest BCUT2D eigenvalue weighted by Crippen LogP contribution is 2.40. The van der Waals surface area contributed by atoms with Crippen LogP contribution in [0.5, 0.6) is 0 Å². The summed E-state index contributed by atoms with van der Waals surface area (Å²) in [6.07, 6.45) is 5.41. The molecule has 3 heterocycles. The van der Waals surface area contributed by atoms with Gasteiger partial charge in [0, 0.05) is 57.0 Å². The lowest BCUT2D eigenvalue weighted by Gasteiger charge is -2.39. The number of nitrogens with one attached hydrogen (secondary N) is 1. The smallest absolute Gasteiger partial charge is 0.192 e. The van der Waals surface area contributed by atoms with Gasteiger partial charge in [-0.05, 0) is 48.8 Å². The number of halogens is 2. The highest BCUT2D eigenvalue weighted by Gasteiger charge is 2.39. The molecule has 0 aliphatic rings. The van der Waals surface area contributed by atoms with Crippen molar-refractivity contribution in [3.63, 3.8) is 0 Å². The van der Waals surface area contributed by atoms with Crippen LogP contribution in [0.1, 0.15) is 38.9 Å². The fourth-order valence-electron chi connectivity index (χ4n) is 3.62. The summed E-state index contributed by atoms with van der Waals surface area (Å²) >= 11 is 5.87. The van der Waals surface area contributed by atoms with Crippen LogP contribution in [0, 0.1) is 5.82 Å². The van der Waals surface area contributed by atoms with Crippen molar-refractivity contribution in [2.75, 3.05) is 18.5 Å². The van der Waals surface area contributed by atoms with Crippen LogP contribution in [-0.2, 0) is 15.9 Å². The van der Waals surface area contributed by atoms with E-state index in [1.54, 1.807) is 18.6 Å². The zero-order valence-electron chi connectivity index (χ0n) is 24.5. The molecule has 0 saturated carbocycles. The molecule has 0 aliphatic heterocycles. The van der Waals surface area contributed by atoms with Crippen molar-refractivity contribution in [2.45, 2.75) is 83.8 Å². The third-order valence-corrected chi connectivity index (χ3v) is 13.6. The molecule has 3 aromatic heterocycles. The van der Waals surface area contributed by atoms with E-state index in [2.05, 4.69) is 68.8 Å². The van der Waals surface area contributed by atoms with Crippen LogP contribution in [0.25, 0.3) is 11.3 Å². The number of aromatic nitrogens is 4. The van der Waals surface area contributed by atoms with Crippen molar-refractivity contribution in [1.29, 1.82) is 0 Å². The van der Waals surface area contributed by atoms with Crippen molar-refractivity contribution in [3.05, 3.63) is 59.4 Å². The molecule has 1 atom stereocenters. The predicted octanol–water partition coefficient (Wildman–Crippen LogP) is 8.01. The zero-order chi connectivity index (χ0) is 28.8. The normalized spacial score (nSPS) is 13.5. The zero-order valence-corrected chi connectivity index (χ0v) is 27.3. The van der Waals surface area contributed by atoms with Crippen molar-refractivity contribution < 1.29 is 13.6 Å². The number of hydrogen-bond acceptors (Lipinski definition) is 6. The van der Waals surface area contributed by atoms with Gasteiger partial charge in [0.15, 0.2) is 19.3 Å². The number of ether oxygens (including phenoxy) is 1. The molecule has 7 nitrogen and oxygen atoms in total. The molecule has 0 fully saturated rings. The lowest BCUT2D eigenvalue weighted by atomic mass is 10.1. The first-order valence-electron chi connectivity index (χ1n) is 13.4. The Kier molecular flexibility index (Phi) is 10.5. The molecule has 3 rings (SSSR count). The van der Waals surface area contributed by atoms with Crippen LogP contribution < -0.4 is 5.32 Å². The maximum Gasteiger partial charge on any atom is 0.192 e. The monoisotopic (exact) mass is 591 g/mol. The van der Waals surface area contributed by atoms with Crippen LogP contribution in [0.3, 0.4) is 0 Å². The van der Waals surface area contributed by atoms with Gasteiger partial charge in [0.2, 0.25) is 0 Å². The number of anilines is 1. The van der Waals surface area contributed by atoms with Gasteiger partial charge < -0.3 is 14.5 Å². The van der Waals surface area contributed by atoms with Gasteiger partial charge in [-0.15, -0.1) is 0 Å². The third kappa shape index (κ3) is 9.21. The van der Waals surface area contributed by atoms with E-state index >= 15 is 0 Å². The summed E-state index contributed by atoms with van der Waals surface area (Å²) < 4.78 is 29.0. The van der Waals surface area contributed by atoms with E-state index in [0.29, 0.717) is 31.9 Å². The summed E-state index contributed by atoms with van der Waals surface area (Å²) in [5, 5.41) is 8.19. The molecular weight excluding hydrogens is 549 g/mol. The second-order valence-corrected chi connectivity index (χ2v) is 23.4. The van der Waals surface area contributed by atoms with Gasteiger partial charge in [-0.1, -0.05) is 52.0 Å². The minimum Gasteiger partial charge on any atom is -0.410 e. The van der Waals surface area contributed by atoms with Crippen molar-refractivity contribution in [1.82, 2.24) is 19.7 Å². The van der Waals surface area contributed by atoms with Crippen molar-refractivity contribution in [2.24, 2.45) is 0 Å². The van der Waals surface area contributed by atoms with Gasteiger partial charge in [-0.25, -0.2) is 14.1 Å². The molecule has 0 bridgehead atoms. The van der Waals surface area contributed by atoms with Crippen LogP contribution in [0.15, 0.2) is 42.9 Å². The molecule has 11 heteroatoms. The number of pyridine rings is 2. The Balaban J connectivity index is 1.78. The van der Waals surface area contributed by atoms with Gasteiger partial charge in [0.05, 0.1) is 11.8 Å². The summed E-state index contributed by atoms with van der Waals surface area (Å²) in [6.45, 7) is 19.6. The standard InChI is InChI=1S/C28H43ClFN5O2Si2/c1-28(2,3)39(7,8)37-25(22-17-23(30)27(29)33-19-22)11-14-32-26-18-24(21-9-12-31-13-10-21)34-35(26)20-36-15-16-38(4,5)6/h9-10,12-13,17-19,25,32H,11,14-16,20H2,1-8H3. The maximum atomic E-state index is 14.3. The van der Waals surface area contributed by atoms with Gasteiger partial charge in [0.1, 0.15) is 12.5 Å². The molecule has 214 valence electrons. The lowest BCUT2D eigenvalue weighted by Crippen LogP contribution is -2.42. The minimum absolute atomic E-state index is 0.00237. The Bertz CT molecular complexity index is 1210. The molecule has 39 heavy (non-hydrogen) atoms. The molecule has 0 radical (unpaired) electrons. The van der Waals surface area contributed by atoms with E-state index in [4.69, 9.17) is 25.9 Å². The first-order valence-corrected chi connectivity index (χ1v) is 20.4. The lowest BCUT2D eigenvalue weighted by molar-refractivity contribution is 0.0801. The molecule has 1 unspecified atom stereocenters. The Labute approximate surface area is 239 Å². The quantitative estimate of drug-likeness (QED) is 0.123. The fraction of sp³-hybridized carbons (Fsp3) is 0.536. The second-order valence-electron chi connectivity index (χ2n) is 12.6. The number of nitrogens with zero attached hydrogens (tertiary/aromatic N) is 4. The van der Waals surface area contributed by atoms with Crippen molar-refractivity contribution >= 4 is 33.8 Å². The molecule has 0 saturated heterocycles. The Hall–Kier alpha value is -2.12. The van der Waals surface area contributed by atoms with Crippen LogP contribution in [0.4, 0.5) is 10.2 Å². The highest BCUT2D eigenvalue weighted by molar-refractivity contribution is 6.76. The van der Waals surface area contributed by atoms with Gasteiger partial charge in [-0.3, -0.25) is 4.98 Å². The average Bonchev–Trinajstić information content (AvgIpc) is 3.25. The summed E-state index contributed by atoms with van der Waals surface area (Å²) in [5.41, 5.74) is 2.51. The van der Waals surface area contributed by atoms with E-state index in [-0.39, 0.29) is 16.3 Å². The Morgan fingerprint density at radius 1 is 1.10 bits per heavy atom. The summed E-state index contributed by atoms with van der Waals surface area (Å²) in [4.78, 5) is 8.16. The molecule has 0 aliphatic carbocycles. The van der Waals surface area contributed by atoms with E-state index in [0.717, 1.165) is 23.1 Å². The maximum absolute atomic E-state index is 14.3. The van der Waals surface area contributed by atoms with Gasteiger partial charge in [-0.2, -0.15) is 5.10 Å². The third-order valence-electron chi connectivity index (χ3n) is 7.11. The van der Waals surface area contributed by atoms with Gasteiger partial charge >= 0.3 is 0 Å². The topological polar surface area (TPSA) is 74.1 Å². The van der Waals surface area contributed by atoms with E-state index in [9.17, 15) is 4.39 Å². The molecule has 0 aromatic carbocycles. The van der Waals surface area contributed by atoms with Crippen LogP contribution in [0.2, 0.25) is 49.0 Å². The average molecular weight is 592 g/mol. The summed E-state index contributed by atoms with van der Waals surface area (Å²) in [6, 6.07) is 8.42. The first-order chi connectivity index (χ1) is 18.2. The van der Waals surface area contributed by atoms with Gasteiger partial charge in [0.25, 0.3) is 0 Å². The van der Waals surface area contributed by atoms with E-state index in [1.165, 1.54) is 6.07 Å². The SMILES string of the molecule is CC(C)(C)[Si](C)(C)OC(CCNc1cc(-c2ccncc2)nn1COCC[Si](C)(C)C)c1cnc(Cl)c(F)c1. The number of hydrogen-bond donors (Lipinski definition) is 1. The molecule has 0 spiro atoms. The Morgan fingerprint density at radius 2 is 1.79 bits per heavy atom. The van der Waals surface area contributed by atoms with Crippen LogP contribution >= 0.6 is 11.6 Å². The minimum atomic E-state index is -2.15. The predicted molar refractivity (Wildman–Crippen MR) is 163 cm³/mol. The summed E-state index contributed by atoms with van der Waals surface area (Å²) in [5.74, 6) is 0.308. The molecular formula is C28H43ClFN5O2Si2. The number of rotatable bonds is 13. The fourth-order valence-corrected chi connectivity index (χ4v) is 5.80. The second kappa shape index (κ2) is 13.0. The molecule has 3 aromatic rings. The molecule has 1 N–H and O–H groups in total. The summed E-state index contributed by atoms with van der Waals surface area (Å²) in [7, 11) is -3.34. The first kappa shape index (κ1) is 31.4. The Morgan fingerprint density at radius 3 is 2.41 bits per heavy atom.